The number of benzene rings is 1. The van der Waals surface area contributed by atoms with E-state index >= 15 is 0 Å². The summed E-state index contributed by atoms with van der Waals surface area (Å²) in [6.07, 6.45) is -1.59. The van der Waals surface area contributed by atoms with Gasteiger partial charge in [-0.1, -0.05) is 0 Å². The van der Waals surface area contributed by atoms with Gasteiger partial charge in [0.2, 0.25) is 0 Å². The third-order valence-electron chi connectivity index (χ3n) is 2.11. The van der Waals surface area contributed by atoms with Crippen LogP contribution in [0.3, 0.4) is 0 Å². The highest BCUT2D eigenvalue weighted by atomic mass is 19.2. The molecule has 1 aromatic carbocycles. The summed E-state index contributed by atoms with van der Waals surface area (Å²) in [5.74, 6) is -3.00. The van der Waals surface area contributed by atoms with Gasteiger partial charge in [0.1, 0.15) is 0 Å². The van der Waals surface area contributed by atoms with E-state index in [1.807, 2.05) is 0 Å². The monoisotopic (exact) mass is 230 g/mol. The normalized spacial score (nSPS) is 12.3. The molecule has 1 rings (SSSR count). The lowest BCUT2D eigenvalue weighted by molar-refractivity contribution is -0.153. The van der Waals surface area contributed by atoms with Gasteiger partial charge in [-0.25, -0.2) is 13.6 Å². The molecule has 1 aromatic rings. The van der Waals surface area contributed by atoms with Gasteiger partial charge in [0.15, 0.2) is 17.7 Å². The first-order valence-corrected chi connectivity index (χ1v) is 4.77. The molecule has 0 radical (unpaired) electrons. The van der Waals surface area contributed by atoms with Gasteiger partial charge in [-0.15, -0.1) is 0 Å². The van der Waals surface area contributed by atoms with Crippen molar-refractivity contribution in [3.8, 4) is 0 Å². The molecule has 1 N–H and O–H groups in total. The first-order valence-electron chi connectivity index (χ1n) is 4.77. The molecule has 0 aromatic heterocycles. The molecule has 0 amide bonds. The third-order valence-corrected chi connectivity index (χ3v) is 2.11. The van der Waals surface area contributed by atoms with Crippen molar-refractivity contribution in [2.24, 2.45) is 0 Å². The van der Waals surface area contributed by atoms with Crippen LogP contribution in [0, 0.1) is 18.6 Å². The first kappa shape index (κ1) is 12.6. The van der Waals surface area contributed by atoms with E-state index in [2.05, 4.69) is 4.74 Å². The van der Waals surface area contributed by atoms with E-state index in [4.69, 9.17) is 0 Å². The van der Waals surface area contributed by atoms with Crippen molar-refractivity contribution in [3.05, 3.63) is 34.9 Å². The number of aliphatic hydroxyl groups is 1. The van der Waals surface area contributed by atoms with E-state index in [9.17, 15) is 18.7 Å². The predicted molar refractivity (Wildman–Crippen MR) is 52.7 cm³/mol. The average molecular weight is 230 g/mol. The second kappa shape index (κ2) is 5.03. The Morgan fingerprint density at radius 2 is 2.00 bits per heavy atom. The van der Waals surface area contributed by atoms with Crippen LogP contribution in [0.5, 0.6) is 0 Å². The van der Waals surface area contributed by atoms with Crippen molar-refractivity contribution in [1.82, 2.24) is 0 Å². The van der Waals surface area contributed by atoms with Crippen molar-refractivity contribution < 1.29 is 23.4 Å². The van der Waals surface area contributed by atoms with Gasteiger partial charge in [-0.05, 0) is 37.1 Å². The van der Waals surface area contributed by atoms with Crippen LogP contribution in [0.1, 0.15) is 24.2 Å². The number of halogens is 2. The molecule has 0 aliphatic rings. The second-order valence-electron chi connectivity index (χ2n) is 3.28. The van der Waals surface area contributed by atoms with E-state index < -0.39 is 23.7 Å². The van der Waals surface area contributed by atoms with Gasteiger partial charge in [-0.2, -0.15) is 0 Å². The summed E-state index contributed by atoms with van der Waals surface area (Å²) < 4.78 is 30.3. The Morgan fingerprint density at radius 3 is 2.56 bits per heavy atom. The summed E-state index contributed by atoms with van der Waals surface area (Å²) in [6.45, 7) is 3.17. The van der Waals surface area contributed by atoms with Crippen LogP contribution in [-0.4, -0.2) is 17.7 Å². The number of hydrogen-bond donors (Lipinski definition) is 1. The molecule has 1 unspecified atom stereocenters. The van der Waals surface area contributed by atoms with Gasteiger partial charge in [-0.3, -0.25) is 0 Å². The average Bonchev–Trinajstić information content (AvgIpc) is 2.23. The zero-order valence-corrected chi connectivity index (χ0v) is 8.96. The molecule has 3 nitrogen and oxygen atoms in total. The number of aryl methyl sites for hydroxylation is 1. The Balaban J connectivity index is 3.04. The minimum absolute atomic E-state index is 0.0114. The molecular weight excluding hydrogens is 218 g/mol. The molecule has 0 fully saturated rings. The second-order valence-corrected chi connectivity index (χ2v) is 3.28. The lowest BCUT2D eigenvalue weighted by Gasteiger charge is -2.12. The van der Waals surface area contributed by atoms with Gasteiger partial charge >= 0.3 is 5.97 Å². The van der Waals surface area contributed by atoms with Crippen molar-refractivity contribution >= 4 is 5.97 Å². The van der Waals surface area contributed by atoms with Crippen LogP contribution >= 0.6 is 0 Å². The molecule has 1 atom stereocenters. The van der Waals surface area contributed by atoms with Crippen molar-refractivity contribution in [2.45, 2.75) is 20.0 Å². The first-order chi connectivity index (χ1) is 7.47. The quantitative estimate of drug-likeness (QED) is 0.806. The smallest absolute Gasteiger partial charge is 0.339 e. The summed E-state index contributed by atoms with van der Waals surface area (Å²) in [4.78, 5) is 11.2. The fraction of sp³-hybridized carbons (Fsp3) is 0.364. The number of esters is 1. The minimum atomic E-state index is -1.59. The van der Waals surface area contributed by atoms with Crippen molar-refractivity contribution in [1.29, 1.82) is 0 Å². The zero-order chi connectivity index (χ0) is 12.3. The van der Waals surface area contributed by atoms with Crippen LogP contribution in [0.25, 0.3) is 0 Å². The summed E-state index contributed by atoms with van der Waals surface area (Å²) in [5, 5.41) is 9.55. The molecule has 0 saturated heterocycles. The number of aliphatic hydroxyl groups excluding tert-OH is 1. The molecule has 88 valence electrons. The summed E-state index contributed by atoms with van der Waals surface area (Å²) in [5.41, 5.74) is 0.303. The topological polar surface area (TPSA) is 46.5 Å². The standard InChI is InChI=1S/C11H12F2O3/c1-3-16-11(15)10(14)7-5-9(13)8(12)4-6(7)2/h4-5,10,14H,3H2,1-2H3. The molecular formula is C11H12F2O3. The molecule has 0 aliphatic carbocycles. The Hall–Kier alpha value is -1.49. The number of ether oxygens (including phenoxy) is 1. The van der Waals surface area contributed by atoms with Crippen LogP contribution < -0.4 is 0 Å². The van der Waals surface area contributed by atoms with E-state index in [1.54, 1.807) is 6.92 Å². The van der Waals surface area contributed by atoms with Gasteiger partial charge in [0.25, 0.3) is 0 Å². The molecule has 0 saturated carbocycles. The Labute approximate surface area is 91.7 Å². The summed E-state index contributed by atoms with van der Waals surface area (Å²) in [6, 6.07) is 1.72. The Morgan fingerprint density at radius 1 is 1.44 bits per heavy atom. The van der Waals surface area contributed by atoms with Crippen molar-refractivity contribution in [2.75, 3.05) is 6.61 Å². The Kier molecular flexibility index (Phi) is 3.95. The summed E-state index contributed by atoms with van der Waals surface area (Å²) >= 11 is 0. The van der Waals surface area contributed by atoms with Crippen LogP contribution in [-0.2, 0) is 9.53 Å². The number of rotatable bonds is 3. The van der Waals surface area contributed by atoms with Gasteiger partial charge < -0.3 is 9.84 Å². The maximum Gasteiger partial charge on any atom is 0.339 e. The molecule has 0 heterocycles. The lowest BCUT2D eigenvalue weighted by Crippen LogP contribution is -2.16. The van der Waals surface area contributed by atoms with Crippen LogP contribution in [0.4, 0.5) is 8.78 Å². The number of hydrogen-bond acceptors (Lipinski definition) is 3. The molecule has 5 heteroatoms. The largest absolute Gasteiger partial charge is 0.464 e. The molecule has 0 bridgehead atoms. The van der Waals surface area contributed by atoms with Gasteiger partial charge in [0, 0.05) is 0 Å². The maximum absolute atomic E-state index is 12.9. The number of carbonyl (C=O) groups excluding carboxylic acids is 1. The highest BCUT2D eigenvalue weighted by molar-refractivity contribution is 5.76. The van der Waals surface area contributed by atoms with Gasteiger partial charge in [0.05, 0.1) is 6.61 Å². The zero-order valence-electron chi connectivity index (χ0n) is 8.96. The predicted octanol–water partition coefficient (Wildman–Crippen LogP) is 1.87. The molecule has 0 spiro atoms. The van der Waals surface area contributed by atoms with E-state index in [1.165, 1.54) is 6.92 Å². The summed E-state index contributed by atoms with van der Waals surface area (Å²) in [7, 11) is 0. The minimum Gasteiger partial charge on any atom is -0.464 e. The van der Waals surface area contributed by atoms with Crippen LogP contribution in [0.2, 0.25) is 0 Å². The maximum atomic E-state index is 12.9. The fourth-order valence-corrected chi connectivity index (χ4v) is 1.30. The molecule has 0 aliphatic heterocycles. The highest BCUT2D eigenvalue weighted by Gasteiger charge is 2.22. The highest BCUT2D eigenvalue weighted by Crippen LogP contribution is 2.21. The lowest BCUT2D eigenvalue weighted by atomic mass is 10.0. The van der Waals surface area contributed by atoms with Crippen molar-refractivity contribution in [3.63, 3.8) is 0 Å². The van der Waals surface area contributed by atoms with E-state index in [-0.39, 0.29) is 12.2 Å². The van der Waals surface area contributed by atoms with E-state index in [0.717, 1.165) is 12.1 Å². The van der Waals surface area contributed by atoms with E-state index in [0.29, 0.717) is 5.56 Å². The number of carbonyl (C=O) groups is 1. The third kappa shape index (κ3) is 2.55. The van der Waals surface area contributed by atoms with Crippen LogP contribution in [0.15, 0.2) is 12.1 Å². The molecule has 16 heavy (non-hydrogen) atoms. The fourth-order valence-electron chi connectivity index (χ4n) is 1.30. The Bertz CT molecular complexity index is 404. The SMILES string of the molecule is CCOC(=O)C(O)c1cc(F)c(F)cc1C.